The van der Waals surface area contributed by atoms with Crippen LogP contribution in [0.25, 0.3) is 0 Å². The lowest BCUT2D eigenvalue weighted by Crippen LogP contribution is -2.49. The van der Waals surface area contributed by atoms with Gasteiger partial charge < -0.3 is 10.6 Å². The minimum absolute atomic E-state index is 0.103. The van der Waals surface area contributed by atoms with Crippen LogP contribution in [0.3, 0.4) is 0 Å². The monoisotopic (exact) mass is 565 g/mol. The van der Waals surface area contributed by atoms with E-state index in [-0.39, 0.29) is 37.4 Å². The highest BCUT2D eigenvalue weighted by molar-refractivity contribution is 7.89. The van der Waals surface area contributed by atoms with Gasteiger partial charge in [-0.15, -0.1) is 0 Å². The summed E-state index contributed by atoms with van der Waals surface area (Å²) in [7, 11) is -4.57. The first kappa shape index (κ1) is 32.0. The van der Waals surface area contributed by atoms with Crippen LogP contribution in [-0.2, 0) is 25.8 Å². The predicted octanol–water partition coefficient (Wildman–Crippen LogP) is 4.99. The Morgan fingerprint density at radius 1 is 1.13 bits per heavy atom. The normalized spacial score (nSPS) is 16.0. The van der Waals surface area contributed by atoms with Crippen LogP contribution in [-0.4, -0.2) is 44.3 Å². The molecule has 1 aromatic rings. The molecular weight excluding hydrogens is 526 g/mol. The molecule has 216 valence electrons. The first-order valence-electron chi connectivity index (χ1n) is 13.2. The summed E-state index contributed by atoms with van der Waals surface area (Å²) >= 11 is 0. The number of benzene rings is 1. The zero-order chi connectivity index (χ0) is 28.5. The maximum atomic E-state index is 13.3. The van der Waals surface area contributed by atoms with Gasteiger partial charge in [-0.05, 0) is 55.7 Å². The summed E-state index contributed by atoms with van der Waals surface area (Å²) in [6.07, 6.45) is 2.55. The van der Waals surface area contributed by atoms with Crippen LogP contribution in [0.2, 0.25) is 0 Å². The number of sulfonamides is 1. The average molecular weight is 566 g/mol. The fourth-order valence-electron chi connectivity index (χ4n) is 4.89. The molecule has 0 aromatic heterocycles. The number of primary amides is 1. The van der Waals surface area contributed by atoms with E-state index in [0.29, 0.717) is 37.3 Å². The van der Waals surface area contributed by atoms with E-state index in [4.69, 9.17) is 5.73 Å². The molecule has 7 nitrogen and oxygen atoms in total. The Morgan fingerprint density at radius 2 is 1.79 bits per heavy atom. The van der Waals surface area contributed by atoms with E-state index in [0.717, 1.165) is 32.1 Å². The number of rotatable bonds is 14. The lowest BCUT2D eigenvalue weighted by atomic mass is 9.86. The van der Waals surface area contributed by atoms with Gasteiger partial charge in [0, 0.05) is 19.5 Å². The van der Waals surface area contributed by atoms with Crippen LogP contribution < -0.4 is 10.5 Å². The molecule has 0 saturated heterocycles. The number of amides is 2. The molecule has 1 saturated carbocycles. The third kappa shape index (κ3) is 9.83. The Balaban J connectivity index is 2.02. The summed E-state index contributed by atoms with van der Waals surface area (Å²) < 4.78 is 80.2. The molecule has 0 heterocycles. The summed E-state index contributed by atoms with van der Waals surface area (Å²) in [6, 6.07) is 0.582. The summed E-state index contributed by atoms with van der Waals surface area (Å²) in [6.45, 7) is 3.79. The maximum Gasteiger partial charge on any atom is 0.417 e. The van der Waals surface area contributed by atoms with Crippen LogP contribution in [0.5, 0.6) is 0 Å². The standard InChI is InChI=1S/C26H39F4N3O4S/c1-18(2)16-22(25(31)35)33(24(34)13-10-19-8-4-3-5-9-19)15-7-6-14-32-38(36,37)23-12-11-20(27)17-21(23)26(28,29)30/h11-12,17-19,22,32H,3-10,13-16H2,1-2H3,(H2,31,35)/t22-/m0/s1. The lowest BCUT2D eigenvalue weighted by molar-refractivity contribution is -0.140. The zero-order valence-electron chi connectivity index (χ0n) is 22.0. The summed E-state index contributed by atoms with van der Waals surface area (Å²) in [5, 5.41) is 0. The molecule has 1 aliphatic carbocycles. The molecule has 0 unspecified atom stereocenters. The van der Waals surface area contributed by atoms with Crippen molar-refractivity contribution < 1.29 is 35.6 Å². The molecule has 1 atom stereocenters. The molecule has 1 fully saturated rings. The number of unbranched alkanes of at least 4 members (excludes halogenated alkanes) is 1. The number of nitrogens with two attached hydrogens (primary N) is 1. The number of alkyl halides is 3. The third-order valence-electron chi connectivity index (χ3n) is 6.87. The van der Waals surface area contributed by atoms with Gasteiger partial charge in [-0.1, -0.05) is 46.0 Å². The average Bonchev–Trinajstić information content (AvgIpc) is 2.83. The summed E-state index contributed by atoms with van der Waals surface area (Å²) in [5.41, 5.74) is 4.05. The summed E-state index contributed by atoms with van der Waals surface area (Å²) in [4.78, 5) is 25.8. The molecule has 2 amide bonds. The van der Waals surface area contributed by atoms with Gasteiger partial charge in [0.25, 0.3) is 0 Å². The fourth-order valence-corrected chi connectivity index (χ4v) is 6.17. The van der Waals surface area contributed by atoms with Crippen molar-refractivity contribution in [3.05, 3.63) is 29.6 Å². The molecule has 12 heteroatoms. The fraction of sp³-hybridized carbons (Fsp3) is 0.692. The highest BCUT2D eigenvalue weighted by Crippen LogP contribution is 2.34. The molecule has 38 heavy (non-hydrogen) atoms. The van der Waals surface area contributed by atoms with Crippen molar-refractivity contribution in [2.45, 2.75) is 95.2 Å². The molecule has 0 spiro atoms. The molecule has 0 bridgehead atoms. The Labute approximate surface area is 222 Å². The van der Waals surface area contributed by atoms with Gasteiger partial charge in [0.2, 0.25) is 21.8 Å². The van der Waals surface area contributed by atoms with Gasteiger partial charge in [0.05, 0.1) is 10.5 Å². The minimum atomic E-state index is -5.05. The molecule has 3 N–H and O–H groups in total. The van der Waals surface area contributed by atoms with Gasteiger partial charge in [0.15, 0.2) is 0 Å². The SMILES string of the molecule is CC(C)C[C@@H](C(N)=O)N(CCCCNS(=O)(=O)c1ccc(F)cc1C(F)(F)F)C(=O)CCC1CCCCC1. The first-order chi connectivity index (χ1) is 17.7. The van der Waals surface area contributed by atoms with Crippen molar-refractivity contribution in [2.75, 3.05) is 13.1 Å². The van der Waals surface area contributed by atoms with Crippen molar-refractivity contribution in [3.63, 3.8) is 0 Å². The van der Waals surface area contributed by atoms with E-state index in [2.05, 4.69) is 4.72 Å². The van der Waals surface area contributed by atoms with E-state index in [1.54, 1.807) is 0 Å². The van der Waals surface area contributed by atoms with Crippen LogP contribution in [0, 0.1) is 17.7 Å². The van der Waals surface area contributed by atoms with E-state index in [9.17, 15) is 35.6 Å². The number of nitrogens with one attached hydrogen (secondary N) is 1. The molecular formula is C26H39F4N3O4S. The largest absolute Gasteiger partial charge is 0.417 e. The van der Waals surface area contributed by atoms with E-state index < -0.39 is 44.4 Å². The van der Waals surface area contributed by atoms with Crippen LogP contribution >= 0.6 is 0 Å². The van der Waals surface area contributed by atoms with Crippen molar-refractivity contribution in [3.8, 4) is 0 Å². The second-order valence-electron chi connectivity index (χ2n) is 10.4. The van der Waals surface area contributed by atoms with E-state index >= 15 is 0 Å². The number of hydrogen-bond acceptors (Lipinski definition) is 4. The molecule has 0 aliphatic heterocycles. The lowest BCUT2D eigenvalue weighted by Gasteiger charge is -2.32. The number of halogens is 4. The Hall–Kier alpha value is -2.21. The second kappa shape index (κ2) is 14.3. The highest BCUT2D eigenvalue weighted by atomic mass is 32.2. The highest BCUT2D eigenvalue weighted by Gasteiger charge is 2.37. The van der Waals surface area contributed by atoms with Crippen LogP contribution in [0.15, 0.2) is 23.1 Å². The zero-order valence-corrected chi connectivity index (χ0v) is 22.8. The van der Waals surface area contributed by atoms with Crippen molar-refractivity contribution in [1.82, 2.24) is 9.62 Å². The smallest absolute Gasteiger partial charge is 0.368 e. The van der Waals surface area contributed by atoms with E-state index in [1.165, 1.54) is 11.3 Å². The quantitative estimate of drug-likeness (QED) is 0.245. The number of carbonyl (C=O) groups excluding carboxylic acids is 2. The van der Waals surface area contributed by atoms with Gasteiger partial charge in [0.1, 0.15) is 11.9 Å². The Kier molecular flexibility index (Phi) is 12.0. The van der Waals surface area contributed by atoms with Gasteiger partial charge in [-0.3, -0.25) is 9.59 Å². The number of nitrogens with zero attached hydrogens (tertiary/aromatic N) is 1. The van der Waals surface area contributed by atoms with Gasteiger partial charge in [-0.25, -0.2) is 17.5 Å². The summed E-state index contributed by atoms with van der Waals surface area (Å²) in [5.74, 6) is -1.40. The van der Waals surface area contributed by atoms with E-state index in [1.807, 2.05) is 13.8 Å². The Bertz CT molecular complexity index is 1040. The molecule has 0 radical (unpaired) electrons. The second-order valence-corrected chi connectivity index (χ2v) is 12.2. The topological polar surface area (TPSA) is 110 Å². The maximum absolute atomic E-state index is 13.3. The molecule has 1 aliphatic rings. The van der Waals surface area contributed by atoms with Crippen LogP contribution in [0.4, 0.5) is 17.6 Å². The minimum Gasteiger partial charge on any atom is -0.368 e. The van der Waals surface area contributed by atoms with Crippen LogP contribution in [0.1, 0.15) is 83.6 Å². The number of hydrogen-bond donors (Lipinski definition) is 2. The predicted molar refractivity (Wildman–Crippen MR) is 136 cm³/mol. The molecule has 1 aromatic carbocycles. The number of carbonyl (C=O) groups is 2. The first-order valence-corrected chi connectivity index (χ1v) is 14.7. The van der Waals surface area contributed by atoms with Crippen molar-refractivity contribution in [2.24, 2.45) is 17.6 Å². The molecule has 2 rings (SSSR count). The van der Waals surface area contributed by atoms with Crippen molar-refractivity contribution >= 4 is 21.8 Å². The van der Waals surface area contributed by atoms with Gasteiger partial charge in [-0.2, -0.15) is 13.2 Å². The van der Waals surface area contributed by atoms with Crippen molar-refractivity contribution in [1.29, 1.82) is 0 Å². The third-order valence-corrected chi connectivity index (χ3v) is 8.38. The Morgan fingerprint density at radius 3 is 2.37 bits per heavy atom. The van der Waals surface area contributed by atoms with Gasteiger partial charge >= 0.3 is 6.18 Å².